The van der Waals surface area contributed by atoms with Crippen LogP contribution in [0.3, 0.4) is 0 Å². The zero-order chi connectivity index (χ0) is 13.0. The molecule has 18 heavy (non-hydrogen) atoms. The summed E-state index contributed by atoms with van der Waals surface area (Å²) in [5.41, 5.74) is 0. The molecule has 2 aliphatic heterocycles. The van der Waals surface area contributed by atoms with Crippen molar-refractivity contribution in [2.24, 2.45) is 5.92 Å². The first-order chi connectivity index (χ1) is 8.70. The number of carbonyl (C=O) groups is 1. The lowest BCUT2D eigenvalue weighted by molar-refractivity contribution is -0.126. The summed E-state index contributed by atoms with van der Waals surface area (Å²) in [6, 6.07) is 1.05. The Balaban J connectivity index is 1.74. The van der Waals surface area contributed by atoms with Gasteiger partial charge in [-0.05, 0) is 52.2 Å². The van der Waals surface area contributed by atoms with Crippen molar-refractivity contribution in [3.8, 4) is 0 Å². The third-order valence-electron chi connectivity index (χ3n) is 4.41. The molecule has 0 aliphatic carbocycles. The zero-order valence-corrected chi connectivity index (χ0v) is 11.7. The van der Waals surface area contributed by atoms with Gasteiger partial charge in [0.25, 0.3) is 0 Å². The van der Waals surface area contributed by atoms with Gasteiger partial charge >= 0.3 is 0 Å². The number of piperidine rings is 1. The summed E-state index contributed by atoms with van der Waals surface area (Å²) in [4.78, 5) is 14.6. The van der Waals surface area contributed by atoms with Crippen molar-refractivity contribution in [1.82, 2.24) is 15.5 Å². The fourth-order valence-electron chi connectivity index (χ4n) is 3.28. The molecule has 0 aromatic rings. The van der Waals surface area contributed by atoms with Crippen LogP contribution < -0.4 is 10.6 Å². The second-order valence-electron chi connectivity index (χ2n) is 5.75. The van der Waals surface area contributed by atoms with Crippen molar-refractivity contribution >= 4 is 5.91 Å². The van der Waals surface area contributed by atoms with Crippen molar-refractivity contribution in [1.29, 1.82) is 0 Å². The molecule has 2 N–H and O–H groups in total. The second-order valence-corrected chi connectivity index (χ2v) is 5.75. The molecule has 2 heterocycles. The van der Waals surface area contributed by atoms with Gasteiger partial charge in [0, 0.05) is 24.5 Å². The van der Waals surface area contributed by atoms with Crippen LogP contribution in [0.25, 0.3) is 0 Å². The minimum Gasteiger partial charge on any atom is -0.354 e. The van der Waals surface area contributed by atoms with Crippen molar-refractivity contribution < 1.29 is 4.79 Å². The molecule has 2 fully saturated rings. The summed E-state index contributed by atoms with van der Waals surface area (Å²) in [7, 11) is 0. The standard InChI is InChI=1S/C14H27N3O/c1-3-17-8-4-5-13(17)10-16-14(18)12-6-7-15-11(2)9-12/h11-13,15H,3-10H2,1-2H3,(H,16,18). The van der Waals surface area contributed by atoms with E-state index in [4.69, 9.17) is 0 Å². The van der Waals surface area contributed by atoms with E-state index in [0.717, 1.165) is 32.5 Å². The molecule has 2 aliphatic rings. The zero-order valence-electron chi connectivity index (χ0n) is 11.7. The fourth-order valence-corrected chi connectivity index (χ4v) is 3.28. The fraction of sp³-hybridized carbons (Fsp3) is 0.929. The SMILES string of the molecule is CCN1CCCC1CNC(=O)C1CCNC(C)C1. The highest BCUT2D eigenvalue weighted by molar-refractivity contribution is 5.78. The van der Waals surface area contributed by atoms with E-state index in [-0.39, 0.29) is 11.8 Å². The van der Waals surface area contributed by atoms with Gasteiger partial charge in [0.05, 0.1) is 0 Å². The quantitative estimate of drug-likeness (QED) is 0.785. The lowest BCUT2D eigenvalue weighted by atomic mass is 9.92. The highest BCUT2D eigenvalue weighted by Gasteiger charge is 2.27. The van der Waals surface area contributed by atoms with Crippen LogP contribution in [0.2, 0.25) is 0 Å². The van der Waals surface area contributed by atoms with E-state index in [1.54, 1.807) is 0 Å². The topological polar surface area (TPSA) is 44.4 Å². The van der Waals surface area contributed by atoms with Crippen molar-refractivity contribution in [2.45, 2.75) is 51.6 Å². The highest BCUT2D eigenvalue weighted by atomic mass is 16.1. The van der Waals surface area contributed by atoms with Gasteiger partial charge in [0.2, 0.25) is 5.91 Å². The van der Waals surface area contributed by atoms with E-state index >= 15 is 0 Å². The minimum atomic E-state index is 0.220. The number of nitrogens with one attached hydrogen (secondary N) is 2. The maximum atomic E-state index is 12.1. The Hall–Kier alpha value is -0.610. The number of likely N-dealkylation sites (tertiary alicyclic amines) is 1. The van der Waals surface area contributed by atoms with Gasteiger partial charge < -0.3 is 10.6 Å². The lowest BCUT2D eigenvalue weighted by Gasteiger charge is -2.28. The number of carbonyl (C=O) groups excluding carboxylic acids is 1. The molecule has 0 bridgehead atoms. The van der Waals surface area contributed by atoms with Gasteiger partial charge in [-0.1, -0.05) is 6.92 Å². The van der Waals surface area contributed by atoms with E-state index in [1.807, 2.05) is 0 Å². The first-order valence-electron chi connectivity index (χ1n) is 7.45. The molecule has 0 aromatic carbocycles. The number of amides is 1. The van der Waals surface area contributed by atoms with Crippen LogP contribution in [-0.2, 0) is 4.79 Å². The van der Waals surface area contributed by atoms with Gasteiger partial charge in [-0.3, -0.25) is 9.69 Å². The summed E-state index contributed by atoms with van der Waals surface area (Å²) in [6.45, 7) is 8.48. The van der Waals surface area contributed by atoms with Crippen LogP contribution >= 0.6 is 0 Å². The summed E-state index contributed by atoms with van der Waals surface area (Å²) in [5, 5.41) is 6.56. The van der Waals surface area contributed by atoms with Gasteiger partial charge in [-0.2, -0.15) is 0 Å². The molecule has 3 atom stereocenters. The average Bonchev–Trinajstić information content (AvgIpc) is 2.83. The maximum Gasteiger partial charge on any atom is 0.223 e. The van der Waals surface area contributed by atoms with Gasteiger partial charge in [-0.15, -0.1) is 0 Å². The molecule has 0 radical (unpaired) electrons. The van der Waals surface area contributed by atoms with Crippen LogP contribution in [0.1, 0.15) is 39.5 Å². The number of likely N-dealkylation sites (N-methyl/N-ethyl adjacent to an activating group) is 1. The van der Waals surface area contributed by atoms with Gasteiger partial charge in [0.15, 0.2) is 0 Å². The average molecular weight is 253 g/mol. The van der Waals surface area contributed by atoms with E-state index in [0.29, 0.717) is 12.1 Å². The Kier molecular flexibility index (Phi) is 5.01. The highest BCUT2D eigenvalue weighted by Crippen LogP contribution is 2.18. The van der Waals surface area contributed by atoms with E-state index in [2.05, 4.69) is 29.4 Å². The molecule has 4 heteroatoms. The molecule has 0 saturated carbocycles. The Morgan fingerprint density at radius 1 is 1.44 bits per heavy atom. The second kappa shape index (κ2) is 6.53. The smallest absolute Gasteiger partial charge is 0.223 e. The predicted octanol–water partition coefficient (Wildman–Crippen LogP) is 0.975. The molecule has 0 spiro atoms. The summed E-state index contributed by atoms with van der Waals surface area (Å²) in [5.74, 6) is 0.490. The lowest BCUT2D eigenvalue weighted by Crippen LogP contribution is -2.45. The Bertz CT molecular complexity index is 282. The molecule has 1 amide bonds. The van der Waals surface area contributed by atoms with Crippen LogP contribution in [0.5, 0.6) is 0 Å². The number of rotatable bonds is 4. The van der Waals surface area contributed by atoms with Crippen LogP contribution in [0, 0.1) is 5.92 Å². The maximum absolute atomic E-state index is 12.1. The third-order valence-corrected chi connectivity index (χ3v) is 4.41. The first-order valence-corrected chi connectivity index (χ1v) is 7.45. The largest absolute Gasteiger partial charge is 0.354 e. The van der Waals surface area contributed by atoms with Crippen molar-refractivity contribution in [2.75, 3.05) is 26.2 Å². The Morgan fingerprint density at radius 2 is 2.28 bits per heavy atom. The van der Waals surface area contributed by atoms with Crippen molar-refractivity contribution in [3.63, 3.8) is 0 Å². The molecule has 3 unspecified atom stereocenters. The molecule has 104 valence electrons. The van der Waals surface area contributed by atoms with Crippen LogP contribution in [-0.4, -0.2) is 49.1 Å². The molecular weight excluding hydrogens is 226 g/mol. The summed E-state index contributed by atoms with van der Waals surface area (Å²) in [6.07, 6.45) is 4.47. The normalized spacial score (nSPS) is 33.6. The number of hydrogen-bond acceptors (Lipinski definition) is 3. The van der Waals surface area contributed by atoms with E-state index in [9.17, 15) is 4.79 Å². The predicted molar refractivity (Wildman–Crippen MR) is 73.5 cm³/mol. The molecule has 0 aromatic heterocycles. The van der Waals surface area contributed by atoms with E-state index in [1.165, 1.54) is 19.4 Å². The number of nitrogens with zero attached hydrogens (tertiary/aromatic N) is 1. The molecule has 4 nitrogen and oxygen atoms in total. The Labute approximate surface area is 110 Å². The van der Waals surface area contributed by atoms with Crippen LogP contribution in [0.15, 0.2) is 0 Å². The molecule has 2 rings (SSSR count). The van der Waals surface area contributed by atoms with Gasteiger partial charge in [-0.25, -0.2) is 0 Å². The summed E-state index contributed by atoms with van der Waals surface area (Å²) < 4.78 is 0. The van der Waals surface area contributed by atoms with E-state index < -0.39 is 0 Å². The minimum absolute atomic E-state index is 0.220. The summed E-state index contributed by atoms with van der Waals surface area (Å²) >= 11 is 0. The van der Waals surface area contributed by atoms with Gasteiger partial charge in [0.1, 0.15) is 0 Å². The third kappa shape index (κ3) is 3.45. The first kappa shape index (κ1) is 13.8. The number of hydrogen-bond donors (Lipinski definition) is 2. The monoisotopic (exact) mass is 253 g/mol. The molecular formula is C14H27N3O. The Morgan fingerprint density at radius 3 is 3.00 bits per heavy atom. The molecule has 2 saturated heterocycles. The van der Waals surface area contributed by atoms with Crippen LogP contribution in [0.4, 0.5) is 0 Å². The van der Waals surface area contributed by atoms with Crippen molar-refractivity contribution in [3.05, 3.63) is 0 Å².